The van der Waals surface area contributed by atoms with Crippen LogP contribution < -0.4 is 11.1 Å². The van der Waals surface area contributed by atoms with Gasteiger partial charge in [-0.15, -0.1) is 0 Å². The van der Waals surface area contributed by atoms with E-state index in [9.17, 15) is 4.79 Å². The van der Waals surface area contributed by atoms with E-state index < -0.39 is 0 Å². The van der Waals surface area contributed by atoms with Crippen molar-refractivity contribution in [2.24, 2.45) is 0 Å². The number of amides is 1. The minimum absolute atomic E-state index is 0.0921. The first-order valence-corrected chi connectivity index (χ1v) is 6.33. The van der Waals surface area contributed by atoms with E-state index in [0.717, 1.165) is 11.1 Å². The smallest absolute Gasteiger partial charge is 0.228 e. The van der Waals surface area contributed by atoms with E-state index in [0.29, 0.717) is 16.4 Å². The van der Waals surface area contributed by atoms with Crippen molar-refractivity contribution in [1.29, 1.82) is 0 Å². The summed E-state index contributed by atoms with van der Waals surface area (Å²) in [5.74, 6) is -0.0921. The van der Waals surface area contributed by atoms with Crippen LogP contribution in [0.15, 0.2) is 42.5 Å². The standard InChI is InChI=1S/C15H15ClN2O/c1-10-5-6-13(9-14(10)16)18-15(19)8-11-3-2-4-12(17)7-11/h2-7,9H,8,17H2,1H3,(H,18,19). The molecule has 0 aliphatic heterocycles. The number of nitrogens with one attached hydrogen (secondary N) is 1. The molecule has 3 nitrogen and oxygen atoms in total. The summed E-state index contributed by atoms with van der Waals surface area (Å²) in [7, 11) is 0. The Kier molecular flexibility index (Phi) is 4.07. The highest BCUT2D eigenvalue weighted by molar-refractivity contribution is 6.31. The number of rotatable bonds is 3. The minimum Gasteiger partial charge on any atom is -0.399 e. The molecule has 0 radical (unpaired) electrons. The minimum atomic E-state index is -0.0921. The van der Waals surface area contributed by atoms with Gasteiger partial charge in [0.1, 0.15) is 0 Å². The number of halogens is 1. The number of anilines is 2. The summed E-state index contributed by atoms with van der Waals surface area (Å²) >= 11 is 6.01. The summed E-state index contributed by atoms with van der Waals surface area (Å²) in [5, 5.41) is 3.45. The van der Waals surface area contributed by atoms with Crippen LogP contribution in [-0.4, -0.2) is 5.91 Å². The number of benzene rings is 2. The molecule has 1 amide bonds. The number of nitrogens with two attached hydrogens (primary N) is 1. The first-order valence-electron chi connectivity index (χ1n) is 5.95. The molecule has 98 valence electrons. The van der Waals surface area contributed by atoms with Gasteiger partial charge in [0.2, 0.25) is 5.91 Å². The van der Waals surface area contributed by atoms with E-state index in [1.165, 1.54) is 0 Å². The van der Waals surface area contributed by atoms with Crippen molar-refractivity contribution in [2.75, 3.05) is 11.1 Å². The molecule has 0 atom stereocenters. The summed E-state index contributed by atoms with van der Waals surface area (Å²) in [5.41, 5.74) is 8.90. The van der Waals surface area contributed by atoms with Crippen LogP contribution in [0.25, 0.3) is 0 Å². The Hall–Kier alpha value is -2.00. The Morgan fingerprint density at radius 3 is 2.74 bits per heavy atom. The number of hydrogen-bond donors (Lipinski definition) is 2. The Morgan fingerprint density at radius 1 is 1.26 bits per heavy atom. The molecule has 19 heavy (non-hydrogen) atoms. The van der Waals surface area contributed by atoms with Gasteiger partial charge in [0.25, 0.3) is 0 Å². The SMILES string of the molecule is Cc1ccc(NC(=O)Cc2cccc(N)c2)cc1Cl. The fraction of sp³-hybridized carbons (Fsp3) is 0.133. The number of carbonyl (C=O) groups is 1. The van der Waals surface area contributed by atoms with Crippen molar-refractivity contribution in [1.82, 2.24) is 0 Å². The van der Waals surface area contributed by atoms with Crippen molar-refractivity contribution < 1.29 is 4.79 Å². The van der Waals surface area contributed by atoms with Crippen LogP contribution in [0, 0.1) is 6.92 Å². The van der Waals surface area contributed by atoms with Crippen molar-refractivity contribution in [3.05, 3.63) is 58.6 Å². The summed E-state index contributed by atoms with van der Waals surface area (Å²) in [6.07, 6.45) is 0.288. The molecular formula is C15H15ClN2O. The lowest BCUT2D eigenvalue weighted by Gasteiger charge is -2.07. The van der Waals surface area contributed by atoms with Crippen LogP contribution in [0.5, 0.6) is 0 Å². The topological polar surface area (TPSA) is 55.1 Å². The van der Waals surface area contributed by atoms with E-state index in [2.05, 4.69) is 5.32 Å². The fourth-order valence-electron chi connectivity index (χ4n) is 1.76. The maximum absolute atomic E-state index is 11.9. The van der Waals surface area contributed by atoms with E-state index in [4.69, 9.17) is 17.3 Å². The summed E-state index contributed by atoms with van der Waals surface area (Å²) < 4.78 is 0. The van der Waals surface area contributed by atoms with Gasteiger partial charge in [0.15, 0.2) is 0 Å². The van der Waals surface area contributed by atoms with Crippen molar-refractivity contribution in [2.45, 2.75) is 13.3 Å². The van der Waals surface area contributed by atoms with Gasteiger partial charge < -0.3 is 11.1 Å². The zero-order valence-corrected chi connectivity index (χ0v) is 11.4. The predicted octanol–water partition coefficient (Wildman–Crippen LogP) is 3.41. The Balaban J connectivity index is 2.03. The summed E-state index contributed by atoms with van der Waals surface area (Å²) in [6.45, 7) is 1.92. The average molecular weight is 275 g/mol. The molecule has 0 unspecified atom stereocenters. The maximum atomic E-state index is 11.9. The largest absolute Gasteiger partial charge is 0.399 e. The molecule has 0 bridgehead atoms. The van der Waals surface area contributed by atoms with E-state index in [1.807, 2.05) is 31.2 Å². The second-order valence-electron chi connectivity index (χ2n) is 4.43. The molecule has 2 rings (SSSR count). The lowest BCUT2D eigenvalue weighted by Crippen LogP contribution is -2.14. The van der Waals surface area contributed by atoms with Crippen LogP contribution in [0.1, 0.15) is 11.1 Å². The van der Waals surface area contributed by atoms with Gasteiger partial charge in [-0.3, -0.25) is 4.79 Å². The molecule has 4 heteroatoms. The van der Waals surface area contributed by atoms with E-state index >= 15 is 0 Å². The third kappa shape index (κ3) is 3.73. The van der Waals surface area contributed by atoms with Gasteiger partial charge in [-0.1, -0.05) is 29.8 Å². The third-order valence-electron chi connectivity index (χ3n) is 2.77. The second-order valence-corrected chi connectivity index (χ2v) is 4.84. The van der Waals surface area contributed by atoms with Crippen molar-refractivity contribution >= 4 is 28.9 Å². The second kappa shape index (κ2) is 5.76. The zero-order chi connectivity index (χ0) is 13.8. The molecule has 0 aliphatic carbocycles. The quantitative estimate of drug-likeness (QED) is 0.843. The molecule has 0 saturated heterocycles. The van der Waals surface area contributed by atoms with Gasteiger partial charge in [-0.25, -0.2) is 0 Å². The first kappa shape index (κ1) is 13.4. The lowest BCUT2D eigenvalue weighted by molar-refractivity contribution is -0.115. The van der Waals surface area contributed by atoms with Crippen molar-refractivity contribution in [3.8, 4) is 0 Å². The Bertz CT molecular complexity index is 611. The molecular weight excluding hydrogens is 260 g/mol. The monoisotopic (exact) mass is 274 g/mol. The number of carbonyl (C=O) groups excluding carboxylic acids is 1. The predicted molar refractivity (Wildman–Crippen MR) is 79.4 cm³/mol. The highest BCUT2D eigenvalue weighted by Gasteiger charge is 2.05. The van der Waals surface area contributed by atoms with Gasteiger partial charge in [-0.05, 0) is 42.3 Å². The highest BCUT2D eigenvalue weighted by atomic mass is 35.5. The Labute approximate surface area is 117 Å². The number of aryl methyl sites for hydroxylation is 1. The number of nitrogen functional groups attached to an aromatic ring is 1. The van der Waals surface area contributed by atoms with Crippen LogP contribution >= 0.6 is 11.6 Å². The zero-order valence-electron chi connectivity index (χ0n) is 10.6. The molecule has 0 spiro atoms. The van der Waals surface area contributed by atoms with Gasteiger partial charge in [-0.2, -0.15) is 0 Å². The van der Waals surface area contributed by atoms with Gasteiger partial charge in [0.05, 0.1) is 6.42 Å². The van der Waals surface area contributed by atoms with Gasteiger partial charge in [0, 0.05) is 16.4 Å². The normalized spacial score (nSPS) is 10.2. The molecule has 0 aromatic heterocycles. The van der Waals surface area contributed by atoms with Crippen molar-refractivity contribution in [3.63, 3.8) is 0 Å². The van der Waals surface area contributed by atoms with Crippen LogP contribution in [0.3, 0.4) is 0 Å². The van der Waals surface area contributed by atoms with E-state index in [1.54, 1.807) is 18.2 Å². The van der Waals surface area contributed by atoms with Crippen LogP contribution in [0.4, 0.5) is 11.4 Å². The molecule has 0 aliphatic rings. The Morgan fingerprint density at radius 2 is 2.05 bits per heavy atom. The summed E-state index contributed by atoms with van der Waals surface area (Å²) in [6, 6.07) is 12.7. The molecule has 3 N–H and O–H groups in total. The average Bonchev–Trinajstić information content (AvgIpc) is 2.34. The van der Waals surface area contributed by atoms with Crippen LogP contribution in [-0.2, 0) is 11.2 Å². The van der Waals surface area contributed by atoms with Gasteiger partial charge >= 0.3 is 0 Å². The number of hydrogen-bond acceptors (Lipinski definition) is 2. The molecule has 0 fully saturated rings. The molecule has 0 saturated carbocycles. The maximum Gasteiger partial charge on any atom is 0.228 e. The molecule has 0 heterocycles. The molecule has 2 aromatic carbocycles. The van der Waals surface area contributed by atoms with Crippen LogP contribution in [0.2, 0.25) is 5.02 Å². The van der Waals surface area contributed by atoms with E-state index in [-0.39, 0.29) is 12.3 Å². The third-order valence-corrected chi connectivity index (χ3v) is 3.18. The molecule has 2 aromatic rings. The summed E-state index contributed by atoms with van der Waals surface area (Å²) in [4.78, 5) is 11.9. The lowest BCUT2D eigenvalue weighted by atomic mass is 10.1. The fourth-order valence-corrected chi connectivity index (χ4v) is 1.94. The highest BCUT2D eigenvalue weighted by Crippen LogP contribution is 2.20. The first-order chi connectivity index (χ1) is 9.04.